The minimum atomic E-state index is -0.243. The van der Waals surface area contributed by atoms with Crippen LogP contribution in [0.25, 0.3) is 11.3 Å². The molecule has 2 nitrogen and oxygen atoms in total. The lowest BCUT2D eigenvalue weighted by Crippen LogP contribution is -1.98. The highest BCUT2D eigenvalue weighted by atomic mass is 32.2. The van der Waals surface area contributed by atoms with Gasteiger partial charge in [-0.05, 0) is 30.4 Å². The molecule has 0 spiro atoms. The molecule has 0 fully saturated rings. The molecule has 1 aromatic heterocycles. The van der Waals surface area contributed by atoms with E-state index in [-0.39, 0.29) is 5.82 Å². The molecule has 0 aliphatic rings. The van der Waals surface area contributed by atoms with Crippen LogP contribution in [0.1, 0.15) is 12.5 Å². The number of benzene rings is 1. The van der Waals surface area contributed by atoms with Gasteiger partial charge in [0.05, 0.1) is 5.69 Å². The van der Waals surface area contributed by atoms with Gasteiger partial charge in [0.25, 0.3) is 0 Å². The molecule has 0 radical (unpaired) electrons. The van der Waals surface area contributed by atoms with Gasteiger partial charge in [-0.15, -0.1) is 0 Å². The van der Waals surface area contributed by atoms with E-state index in [2.05, 4.69) is 9.97 Å². The van der Waals surface area contributed by atoms with Crippen molar-refractivity contribution in [3.05, 3.63) is 41.8 Å². The van der Waals surface area contributed by atoms with E-state index >= 15 is 0 Å². The second-order valence-electron chi connectivity index (χ2n) is 3.56. The SMILES string of the molecule is CCc1cnc(SC)nc1-c1ccccc1F. The van der Waals surface area contributed by atoms with Gasteiger partial charge in [0.1, 0.15) is 5.82 Å². The topological polar surface area (TPSA) is 25.8 Å². The van der Waals surface area contributed by atoms with Crippen LogP contribution in [-0.4, -0.2) is 16.2 Å². The van der Waals surface area contributed by atoms with E-state index < -0.39 is 0 Å². The minimum absolute atomic E-state index is 0.243. The average Bonchev–Trinajstić information content (AvgIpc) is 2.38. The molecule has 0 N–H and O–H groups in total. The fourth-order valence-electron chi connectivity index (χ4n) is 1.63. The maximum absolute atomic E-state index is 13.8. The summed E-state index contributed by atoms with van der Waals surface area (Å²) in [5, 5.41) is 0.667. The average molecular weight is 248 g/mol. The lowest BCUT2D eigenvalue weighted by Gasteiger charge is -2.08. The number of thioether (sulfide) groups is 1. The van der Waals surface area contributed by atoms with Gasteiger partial charge < -0.3 is 0 Å². The van der Waals surface area contributed by atoms with Crippen molar-refractivity contribution in [2.75, 3.05) is 6.26 Å². The summed E-state index contributed by atoms with van der Waals surface area (Å²) in [5.74, 6) is -0.243. The third kappa shape index (κ3) is 2.47. The zero-order chi connectivity index (χ0) is 12.3. The van der Waals surface area contributed by atoms with Crippen LogP contribution < -0.4 is 0 Å². The molecule has 2 rings (SSSR count). The standard InChI is InChI=1S/C13H13FN2S/c1-3-9-8-15-13(17-2)16-12(9)10-6-4-5-7-11(10)14/h4-8H,3H2,1-2H3. The van der Waals surface area contributed by atoms with Crippen molar-refractivity contribution in [2.24, 2.45) is 0 Å². The highest BCUT2D eigenvalue weighted by molar-refractivity contribution is 7.98. The van der Waals surface area contributed by atoms with Crippen molar-refractivity contribution < 1.29 is 4.39 Å². The Bertz CT molecular complexity index is 529. The van der Waals surface area contributed by atoms with E-state index in [0.717, 1.165) is 12.0 Å². The zero-order valence-corrected chi connectivity index (χ0v) is 10.6. The molecule has 0 saturated heterocycles. The zero-order valence-electron chi connectivity index (χ0n) is 9.77. The molecular formula is C13H13FN2S. The molecular weight excluding hydrogens is 235 g/mol. The van der Waals surface area contributed by atoms with Crippen LogP contribution in [-0.2, 0) is 6.42 Å². The summed E-state index contributed by atoms with van der Waals surface area (Å²) < 4.78 is 13.8. The van der Waals surface area contributed by atoms with Gasteiger partial charge in [0, 0.05) is 11.8 Å². The van der Waals surface area contributed by atoms with E-state index in [4.69, 9.17) is 0 Å². The van der Waals surface area contributed by atoms with Gasteiger partial charge in [0.15, 0.2) is 5.16 Å². The van der Waals surface area contributed by atoms with Crippen LogP contribution in [0.2, 0.25) is 0 Å². The van der Waals surface area contributed by atoms with Crippen molar-refractivity contribution in [1.82, 2.24) is 9.97 Å². The molecule has 0 aliphatic heterocycles. The van der Waals surface area contributed by atoms with Gasteiger partial charge in [0.2, 0.25) is 0 Å². The number of aryl methyl sites for hydroxylation is 1. The first kappa shape index (κ1) is 12.0. The number of hydrogen-bond donors (Lipinski definition) is 0. The first-order valence-electron chi connectivity index (χ1n) is 5.41. The summed E-state index contributed by atoms with van der Waals surface area (Å²) >= 11 is 1.46. The largest absolute Gasteiger partial charge is 0.231 e. The molecule has 0 saturated carbocycles. The van der Waals surface area contributed by atoms with Crippen molar-refractivity contribution >= 4 is 11.8 Å². The summed E-state index contributed by atoms with van der Waals surface area (Å²) in [4.78, 5) is 8.62. The number of halogens is 1. The van der Waals surface area contributed by atoms with Crippen LogP contribution >= 0.6 is 11.8 Å². The highest BCUT2D eigenvalue weighted by Gasteiger charge is 2.11. The molecule has 1 heterocycles. The Kier molecular flexibility index (Phi) is 3.74. The quantitative estimate of drug-likeness (QED) is 0.613. The molecule has 1 aromatic carbocycles. The molecule has 17 heavy (non-hydrogen) atoms. The third-order valence-electron chi connectivity index (χ3n) is 2.53. The molecule has 0 amide bonds. The Morgan fingerprint density at radius 2 is 2.06 bits per heavy atom. The fourth-order valence-corrected chi connectivity index (χ4v) is 1.97. The van der Waals surface area contributed by atoms with Crippen LogP contribution in [0, 0.1) is 5.82 Å². The predicted molar refractivity (Wildman–Crippen MR) is 68.6 cm³/mol. The molecule has 2 aromatic rings. The first-order valence-corrected chi connectivity index (χ1v) is 6.63. The number of hydrogen-bond acceptors (Lipinski definition) is 3. The van der Waals surface area contributed by atoms with Gasteiger partial charge in [-0.3, -0.25) is 0 Å². The van der Waals surface area contributed by atoms with E-state index in [1.165, 1.54) is 17.8 Å². The third-order valence-corrected chi connectivity index (χ3v) is 3.10. The van der Waals surface area contributed by atoms with Crippen molar-refractivity contribution in [1.29, 1.82) is 0 Å². The van der Waals surface area contributed by atoms with Gasteiger partial charge in [-0.1, -0.05) is 30.8 Å². The Morgan fingerprint density at radius 3 is 2.71 bits per heavy atom. The van der Waals surface area contributed by atoms with Crippen LogP contribution in [0.5, 0.6) is 0 Å². The monoisotopic (exact) mass is 248 g/mol. The van der Waals surface area contributed by atoms with Gasteiger partial charge in [-0.25, -0.2) is 14.4 Å². The normalized spacial score (nSPS) is 10.5. The van der Waals surface area contributed by atoms with E-state index in [0.29, 0.717) is 16.4 Å². The second kappa shape index (κ2) is 5.27. The second-order valence-corrected chi connectivity index (χ2v) is 4.34. The summed E-state index contributed by atoms with van der Waals surface area (Å²) in [6, 6.07) is 6.70. The highest BCUT2D eigenvalue weighted by Crippen LogP contribution is 2.25. The maximum atomic E-state index is 13.8. The first-order chi connectivity index (χ1) is 8.26. The van der Waals surface area contributed by atoms with Crippen molar-refractivity contribution in [3.63, 3.8) is 0 Å². The molecule has 0 unspecified atom stereocenters. The Labute approximate surface area is 104 Å². The number of nitrogens with zero attached hydrogens (tertiary/aromatic N) is 2. The van der Waals surface area contributed by atoms with Crippen molar-refractivity contribution in [3.8, 4) is 11.3 Å². The lowest BCUT2D eigenvalue weighted by atomic mass is 10.1. The molecule has 0 aliphatic carbocycles. The van der Waals surface area contributed by atoms with E-state index in [1.807, 2.05) is 19.2 Å². The van der Waals surface area contributed by atoms with Crippen LogP contribution in [0.15, 0.2) is 35.6 Å². The molecule has 0 bridgehead atoms. The summed E-state index contributed by atoms with van der Waals surface area (Å²) in [6.45, 7) is 2.02. The van der Waals surface area contributed by atoms with Gasteiger partial charge >= 0.3 is 0 Å². The molecule has 0 atom stereocenters. The van der Waals surface area contributed by atoms with Crippen LogP contribution in [0.3, 0.4) is 0 Å². The lowest BCUT2D eigenvalue weighted by molar-refractivity contribution is 0.630. The van der Waals surface area contributed by atoms with Crippen molar-refractivity contribution in [2.45, 2.75) is 18.5 Å². The Balaban J connectivity index is 2.60. The van der Waals surface area contributed by atoms with E-state index in [1.54, 1.807) is 18.3 Å². The van der Waals surface area contributed by atoms with Gasteiger partial charge in [-0.2, -0.15) is 0 Å². The minimum Gasteiger partial charge on any atom is -0.231 e. The summed E-state index contributed by atoms with van der Waals surface area (Å²) in [5.41, 5.74) is 2.21. The maximum Gasteiger partial charge on any atom is 0.187 e. The predicted octanol–water partition coefficient (Wildman–Crippen LogP) is 3.57. The van der Waals surface area contributed by atoms with Crippen LogP contribution in [0.4, 0.5) is 4.39 Å². The fraction of sp³-hybridized carbons (Fsp3) is 0.231. The molecule has 4 heteroatoms. The Morgan fingerprint density at radius 1 is 1.29 bits per heavy atom. The number of rotatable bonds is 3. The Hall–Kier alpha value is -1.42. The number of aromatic nitrogens is 2. The van der Waals surface area contributed by atoms with E-state index in [9.17, 15) is 4.39 Å². The summed E-state index contributed by atoms with van der Waals surface area (Å²) in [7, 11) is 0. The summed E-state index contributed by atoms with van der Waals surface area (Å²) in [6.07, 6.45) is 4.48. The smallest absolute Gasteiger partial charge is 0.187 e. The molecule has 88 valence electrons.